The first-order valence-corrected chi connectivity index (χ1v) is 10.6. The van der Waals surface area contributed by atoms with Crippen LogP contribution in [0.2, 0.25) is 0 Å². The van der Waals surface area contributed by atoms with E-state index in [9.17, 15) is 14.4 Å². The summed E-state index contributed by atoms with van der Waals surface area (Å²) < 4.78 is 10.4. The van der Waals surface area contributed by atoms with E-state index in [0.29, 0.717) is 0 Å². The third kappa shape index (κ3) is 9.35. The lowest BCUT2D eigenvalue weighted by Crippen LogP contribution is -2.50. The number of amides is 2. The van der Waals surface area contributed by atoms with Crippen LogP contribution in [0.25, 0.3) is 11.1 Å². The van der Waals surface area contributed by atoms with Crippen LogP contribution in [0.15, 0.2) is 48.5 Å². The van der Waals surface area contributed by atoms with Gasteiger partial charge < -0.3 is 20.1 Å². The van der Waals surface area contributed by atoms with Crippen molar-refractivity contribution in [3.63, 3.8) is 0 Å². The highest BCUT2D eigenvalue weighted by Crippen LogP contribution is 2.20. The maximum atomic E-state index is 12.3. The number of carbonyl (C=O) groups is 3. The van der Waals surface area contributed by atoms with Crippen molar-refractivity contribution in [2.75, 3.05) is 0 Å². The fourth-order valence-electron chi connectivity index (χ4n) is 2.77. The first kappa shape index (κ1) is 27.7. The molecule has 0 saturated heterocycles. The molecule has 2 aromatic rings. The van der Waals surface area contributed by atoms with Crippen LogP contribution in [0.1, 0.15) is 53.2 Å². The Bertz CT molecular complexity index is 931. The van der Waals surface area contributed by atoms with E-state index in [0.717, 1.165) is 16.7 Å². The molecule has 0 fully saturated rings. The van der Waals surface area contributed by atoms with Gasteiger partial charge in [0, 0.05) is 0 Å². The summed E-state index contributed by atoms with van der Waals surface area (Å²) in [5.41, 5.74) is 3.56. The van der Waals surface area contributed by atoms with Gasteiger partial charge >= 0.3 is 12.1 Å². The Morgan fingerprint density at radius 2 is 1.36 bits per heavy atom. The largest absolute Gasteiger partial charge is 0.459 e. The van der Waals surface area contributed by atoms with Gasteiger partial charge in [0.15, 0.2) is 0 Å². The van der Waals surface area contributed by atoms with Crippen molar-refractivity contribution in [3.05, 3.63) is 59.7 Å². The summed E-state index contributed by atoms with van der Waals surface area (Å²) in [6.07, 6.45) is -0.704. The van der Waals surface area contributed by atoms with Crippen LogP contribution >= 0.6 is 0 Å². The number of alkyl carbamates (subject to hydrolysis) is 1. The highest BCUT2D eigenvalue weighted by Gasteiger charge is 2.24. The molecule has 0 aliphatic carbocycles. The molecule has 0 radical (unpaired) electrons. The van der Waals surface area contributed by atoms with E-state index in [-0.39, 0.29) is 14.0 Å². The Hall–Kier alpha value is -3.35. The van der Waals surface area contributed by atoms with E-state index in [1.165, 1.54) is 19.4 Å². The van der Waals surface area contributed by atoms with Gasteiger partial charge in [0.05, 0.1) is 0 Å². The number of esters is 1. The summed E-state index contributed by atoms with van der Waals surface area (Å²) in [5, 5.41) is 4.97. The smallest absolute Gasteiger partial charge is 0.408 e. The number of hydrogen-bond donors (Lipinski definition) is 2. The van der Waals surface area contributed by atoms with Gasteiger partial charge in [-0.25, -0.2) is 9.59 Å². The second-order valence-electron chi connectivity index (χ2n) is 8.77. The van der Waals surface area contributed by atoms with E-state index >= 15 is 0 Å². The molecule has 0 saturated carbocycles. The molecule has 0 heterocycles. The third-order valence-electron chi connectivity index (χ3n) is 4.56. The predicted molar refractivity (Wildman–Crippen MR) is 130 cm³/mol. The van der Waals surface area contributed by atoms with Gasteiger partial charge in [0.2, 0.25) is 5.91 Å². The zero-order chi connectivity index (χ0) is 23.9. The molecule has 2 unspecified atom stereocenters. The average Bonchev–Trinajstić information content (AvgIpc) is 2.71. The van der Waals surface area contributed by atoms with Crippen molar-refractivity contribution in [1.29, 1.82) is 0 Å². The van der Waals surface area contributed by atoms with E-state index in [4.69, 9.17) is 9.47 Å². The zero-order valence-corrected chi connectivity index (χ0v) is 19.5. The van der Waals surface area contributed by atoms with Crippen LogP contribution in [0.4, 0.5) is 4.79 Å². The summed E-state index contributed by atoms with van der Waals surface area (Å²) in [5.74, 6) is -1.08. The molecule has 2 amide bonds. The standard InChI is InChI=1S/C25H32N2O5.CH4/c1-16-7-11-20(12-8-16)21-13-9-19(10-14-21)15-31-23(29)18(3)26-22(28)17(2)27-24(30)32-25(4,5)6;/h7-14,17-18H,15H2,1-6H3,(H,26,28)(H,27,30);1H4. The molecule has 7 heteroatoms. The van der Waals surface area contributed by atoms with Gasteiger partial charge in [-0.15, -0.1) is 0 Å². The quantitative estimate of drug-likeness (QED) is 0.586. The second kappa shape index (κ2) is 12.0. The lowest BCUT2D eigenvalue weighted by atomic mass is 10.0. The molecule has 0 aliphatic rings. The molecule has 2 aromatic carbocycles. The summed E-state index contributed by atoms with van der Waals surface area (Å²) in [7, 11) is 0. The van der Waals surface area contributed by atoms with E-state index < -0.39 is 35.7 Å². The van der Waals surface area contributed by atoms with Crippen molar-refractivity contribution in [1.82, 2.24) is 10.6 Å². The number of aryl methyl sites for hydroxylation is 1. The third-order valence-corrected chi connectivity index (χ3v) is 4.56. The van der Waals surface area contributed by atoms with E-state index in [1.54, 1.807) is 20.8 Å². The van der Waals surface area contributed by atoms with Crippen LogP contribution in [-0.4, -0.2) is 35.7 Å². The maximum Gasteiger partial charge on any atom is 0.408 e. The van der Waals surface area contributed by atoms with E-state index in [2.05, 4.69) is 34.9 Å². The van der Waals surface area contributed by atoms with E-state index in [1.807, 2.05) is 31.2 Å². The van der Waals surface area contributed by atoms with Crippen molar-refractivity contribution in [3.8, 4) is 11.1 Å². The van der Waals surface area contributed by atoms with Gasteiger partial charge in [-0.3, -0.25) is 4.79 Å². The van der Waals surface area contributed by atoms with Gasteiger partial charge in [-0.1, -0.05) is 61.5 Å². The Labute approximate surface area is 196 Å². The van der Waals surface area contributed by atoms with Crippen LogP contribution in [0.3, 0.4) is 0 Å². The minimum Gasteiger partial charge on any atom is -0.459 e. The molecule has 7 nitrogen and oxygen atoms in total. The lowest BCUT2D eigenvalue weighted by molar-refractivity contribution is -0.148. The molecule has 0 bridgehead atoms. The Kier molecular flexibility index (Phi) is 10.1. The molecular formula is C26H36N2O5. The molecule has 2 N–H and O–H groups in total. The van der Waals surface area contributed by atoms with Gasteiger partial charge in [-0.2, -0.15) is 0 Å². The van der Waals surface area contributed by atoms with Crippen LogP contribution < -0.4 is 10.6 Å². The number of ether oxygens (including phenoxy) is 2. The van der Waals surface area contributed by atoms with Crippen molar-refractivity contribution >= 4 is 18.0 Å². The maximum absolute atomic E-state index is 12.3. The normalized spacial score (nSPS) is 12.5. The first-order valence-electron chi connectivity index (χ1n) is 10.6. The van der Waals surface area contributed by atoms with Crippen molar-refractivity contribution in [2.24, 2.45) is 0 Å². The highest BCUT2D eigenvalue weighted by molar-refractivity contribution is 5.89. The summed E-state index contributed by atoms with van der Waals surface area (Å²) in [4.78, 5) is 36.3. The minimum absolute atomic E-state index is 0. The number of benzene rings is 2. The van der Waals surface area contributed by atoms with Crippen LogP contribution in [0, 0.1) is 6.92 Å². The molecule has 2 rings (SSSR count). The number of carbonyl (C=O) groups excluding carboxylic acids is 3. The summed E-state index contributed by atoms with van der Waals surface area (Å²) >= 11 is 0. The summed E-state index contributed by atoms with van der Waals surface area (Å²) in [6.45, 7) is 10.4. The average molecular weight is 457 g/mol. The fourth-order valence-corrected chi connectivity index (χ4v) is 2.77. The topological polar surface area (TPSA) is 93.7 Å². The van der Waals surface area contributed by atoms with Gasteiger partial charge in [-0.05, 0) is 58.2 Å². The SMILES string of the molecule is C.Cc1ccc(-c2ccc(COC(=O)C(C)NC(=O)C(C)NC(=O)OC(C)(C)C)cc2)cc1. The Morgan fingerprint density at radius 3 is 1.88 bits per heavy atom. The second-order valence-corrected chi connectivity index (χ2v) is 8.77. The molecular weight excluding hydrogens is 420 g/mol. The molecule has 180 valence electrons. The Morgan fingerprint density at radius 1 is 0.848 bits per heavy atom. The number of rotatable bonds is 7. The molecule has 0 aliphatic heterocycles. The van der Waals surface area contributed by atoms with Crippen LogP contribution in [0.5, 0.6) is 0 Å². The minimum atomic E-state index is -0.866. The molecule has 2 atom stereocenters. The predicted octanol–water partition coefficient (Wildman–Crippen LogP) is 4.76. The number of nitrogens with one attached hydrogen (secondary N) is 2. The Balaban J connectivity index is 0.00000544. The van der Waals surface area contributed by atoms with Gasteiger partial charge in [0.1, 0.15) is 24.3 Å². The monoisotopic (exact) mass is 456 g/mol. The van der Waals surface area contributed by atoms with Crippen LogP contribution in [-0.2, 0) is 25.7 Å². The van der Waals surface area contributed by atoms with Crippen molar-refractivity contribution in [2.45, 2.75) is 73.3 Å². The number of hydrogen-bond acceptors (Lipinski definition) is 5. The molecule has 0 spiro atoms. The molecule has 0 aromatic heterocycles. The lowest BCUT2D eigenvalue weighted by Gasteiger charge is -2.22. The van der Waals surface area contributed by atoms with Crippen molar-refractivity contribution < 1.29 is 23.9 Å². The highest BCUT2D eigenvalue weighted by atomic mass is 16.6. The fraction of sp³-hybridized carbons (Fsp3) is 0.423. The summed E-state index contributed by atoms with van der Waals surface area (Å²) in [6, 6.07) is 14.3. The van der Waals surface area contributed by atoms with Gasteiger partial charge in [0.25, 0.3) is 0 Å². The first-order chi connectivity index (χ1) is 14.9. The zero-order valence-electron chi connectivity index (χ0n) is 19.5. The molecule has 33 heavy (non-hydrogen) atoms.